The average Bonchev–Trinajstić information content (AvgIpc) is 3.53. The summed E-state index contributed by atoms with van der Waals surface area (Å²) in [7, 11) is 1.52. The molecule has 6 heterocycles. The highest BCUT2D eigenvalue weighted by molar-refractivity contribution is 5.95. The third-order valence-corrected chi connectivity index (χ3v) is 8.98. The van der Waals surface area contributed by atoms with E-state index in [0.29, 0.717) is 41.5 Å². The van der Waals surface area contributed by atoms with Crippen molar-refractivity contribution in [2.45, 2.75) is 50.8 Å². The van der Waals surface area contributed by atoms with Gasteiger partial charge in [-0.1, -0.05) is 24.3 Å². The van der Waals surface area contributed by atoms with E-state index in [-0.39, 0.29) is 56.4 Å². The maximum Gasteiger partial charge on any atom is 0.260 e. The molecular formula is C37H42N4O8. The fourth-order valence-electron chi connectivity index (χ4n) is 6.26. The number of hydrogen-bond donors (Lipinski definition) is 2. The van der Waals surface area contributed by atoms with E-state index in [2.05, 4.69) is 10.6 Å². The number of nitrogens with zero attached hydrogens (tertiary/aromatic N) is 2. The van der Waals surface area contributed by atoms with Gasteiger partial charge in [-0.05, 0) is 79.3 Å². The first-order chi connectivity index (χ1) is 23.8. The number of carbonyl (C=O) groups excluding carboxylic acids is 4. The third kappa shape index (κ3) is 8.81. The van der Waals surface area contributed by atoms with Crippen molar-refractivity contribution in [1.29, 1.82) is 0 Å². The molecule has 2 N–H and O–H groups in total. The second kappa shape index (κ2) is 15.8. The van der Waals surface area contributed by atoms with Crippen LogP contribution in [0.1, 0.15) is 47.2 Å². The summed E-state index contributed by atoms with van der Waals surface area (Å²) in [5.74, 6) is 1.17. The Kier molecular flexibility index (Phi) is 10.8. The molecule has 0 saturated carbocycles. The maximum absolute atomic E-state index is 13.8. The molecule has 258 valence electrons. The molecule has 0 aromatic heterocycles. The number of rotatable bonds is 5. The van der Waals surface area contributed by atoms with Crippen molar-refractivity contribution < 1.29 is 38.1 Å². The molecular weight excluding hydrogens is 628 g/mol. The minimum absolute atomic E-state index is 0.0591. The van der Waals surface area contributed by atoms with Gasteiger partial charge in [-0.25, -0.2) is 0 Å². The quantitative estimate of drug-likeness (QED) is 0.423. The summed E-state index contributed by atoms with van der Waals surface area (Å²) in [5, 5.41) is 5.95. The van der Waals surface area contributed by atoms with Crippen molar-refractivity contribution in [3.05, 3.63) is 83.4 Å². The Labute approximate surface area is 285 Å². The second-order valence-electron chi connectivity index (χ2n) is 12.5. The highest BCUT2D eigenvalue weighted by Crippen LogP contribution is 2.29. The fourth-order valence-corrected chi connectivity index (χ4v) is 6.26. The summed E-state index contributed by atoms with van der Waals surface area (Å²) in [6.07, 6.45) is 3.27. The minimum Gasteiger partial charge on any atom is -0.493 e. The molecule has 2 saturated heterocycles. The molecule has 0 aliphatic carbocycles. The zero-order valence-corrected chi connectivity index (χ0v) is 27.7. The lowest BCUT2D eigenvalue weighted by Crippen LogP contribution is -2.45. The number of ether oxygens (including phenoxy) is 4. The van der Waals surface area contributed by atoms with E-state index in [1.165, 1.54) is 7.11 Å². The number of hydrogen-bond acceptors (Lipinski definition) is 8. The van der Waals surface area contributed by atoms with Gasteiger partial charge in [0, 0.05) is 38.2 Å². The van der Waals surface area contributed by atoms with Crippen LogP contribution < -0.4 is 29.6 Å². The molecule has 6 aliphatic rings. The van der Waals surface area contributed by atoms with Crippen molar-refractivity contribution in [2.75, 3.05) is 46.5 Å². The summed E-state index contributed by atoms with van der Waals surface area (Å²) in [6, 6.07) is 19.0. The van der Waals surface area contributed by atoms with Gasteiger partial charge < -0.3 is 39.4 Å². The molecule has 2 atom stereocenters. The summed E-state index contributed by atoms with van der Waals surface area (Å²) in [5.41, 5.74) is 2.15. The van der Waals surface area contributed by atoms with Gasteiger partial charge in [0.05, 0.1) is 19.7 Å². The molecule has 12 nitrogen and oxygen atoms in total. The summed E-state index contributed by atoms with van der Waals surface area (Å²) >= 11 is 0. The Balaban J connectivity index is 1.16. The molecule has 6 aliphatic heterocycles. The molecule has 0 spiro atoms. The van der Waals surface area contributed by atoms with Crippen LogP contribution in [0.4, 0.5) is 0 Å². The van der Waals surface area contributed by atoms with Gasteiger partial charge in [0.1, 0.15) is 17.6 Å². The fraction of sp³-hybridized carbons (Fsp3) is 0.405. The molecule has 2 fully saturated rings. The monoisotopic (exact) mass is 670 g/mol. The summed E-state index contributed by atoms with van der Waals surface area (Å²) in [6.45, 7) is 2.04. The van der Waals surface area contributed by atoms with E-state index < -0.39 is 12.1 Å². The average molecular weight is 671 g/mol. The number of benzene rings is 3. The molecule has 0 radical (unpaired) electrons. The first-order valence-electron chi connectivity index (χ1n) is 16.8. The lowest BCUT2D eigenvalue weighted by atomic mass is 10.1. The lowest BCUT2D eigenvalue weighted by molar-refractivity contribution is -0.134. The molecule has 0 unspecified atom stereocenters. The Morgan fingerprint density at radius 1 is 0.878 bits per heavy atom. The van der Waals surface area contributed by atoms with Crippen LogP contribution in [0.2, 0.25) is 0 Å². The standard InChI is InChI=1S/C37H42N4O8/c1-46-32-18-25-10-14-31(32)48-23-35(43)38-20-26-8-12-28(13-9-26)49-33-22-41(21-30(33)39-34(42)15-11-25)37(45)27-6-5-7-29(19-27)47-24-36(44)40-16-3-2-4-17-40/h5-10,12-14,18-19,30,33H,2-4,11,15-17,20-24H2,1H3,(H,38,43)(H,39,42)/t30-,33-/m0/s1. The largest absolute Gasteiger partial charge is 0.493 e. The van der Waals surface area contributed by atoms with E-state index in [4.69, 9.17) is 18.9 Å². The summed E-state index contributed by atoms with van der Waals surface area (Å²) in [4.78, 5) is 55.6. The van der Waals surface area contributed by atoms with Crippen LogP contribution in [-0.2, 0) is 27.3 Å². The van der Waals surface area contributed by atoms with E-state index in [9.17, 15) is 19.2 Å². The first-order valence-corrected chi connectivity index (χ1v) is 16.8. The normalized spacial score (nSPS) is 19.9. The number of aryl methyl sites for hydroxylation is 1. The van der Waals surface area contributed by atoms with Crippen LogP contribution in [-0.4, -0.2) is 92.1 Å². The van der Waals surface area contributed by atoms with Crippen LogP contribution in [0.5, 0.6) is 23.0 Å². The van der Waals surface area contributed by atoms with E-state index in [0.717, 1.165) is 43.5 Å². The SMILES string of the molecule is COc1cc2ccc1OCC(=O)NCc1ccc(cc1)O[C@H]1CN(C(=O)c3cccc(OCC(=O)N4CCCCC4)c3)C[C@@H]1NC(=O)CC2. The minimum atomic E-state index is -0.512. The Hall–Kier alpha value is -5.26. The first kappa shape index (κ1) is 33.6. The summed E-state index contributed by atoms with van der Waals surface area (Å²) < 4.78 is 23.3. The second-order valence-corrected chi connectivity index (χ2v) is 12.5. The molecule has 3 aromatic carbocycles. The Morgan fingerprint density at radius 3 is 2.47 bits per heavy atom. The van der Waals surface area contributed by atoms with Crippen molar-refractivity contribution in [3.63, 3.8) is 0 Å². The van der Waals surface area contributed by atoms with Crippen molar-refractivity contribution in [1.82, 2.24) is 20.4 Å². The Morgan fingerprint density at radius 2 is 1.67 bits per heavy atom. The molecule has 4 amide bonds. The number of likely N-dealkylation sites (tertiary alicyclic amines) is 2. The van der Waals surface area contributed by atoms with Crippen molar-refractivity contribution >= 4 is 23.6 Å². The highest BCUT2D eigenvalue weighted by Gasteiger charge is 2.38. The van der Waals surface area contributed by atoms with Crippen LogP contribution in [0.3, 0.4) is 0 Å². The van der Waals surface area contributed by atoms with Gasteiger partial charge in [0.15, 0.2) is 24.7 Å². The molecule has 4 bridgehead atoms. The zero-order valence-electron chi connectivity index (χ0n) is 27.7. The van der Waals surface area contributed by atoms with E-state index in [1.54, 1.807) is 53.4 Å². The van der Waals surface area contributed by atoms with Crippen LogP contribution >= 0.6 is 0 Å². The number of methoxy groups -OCH3 is 1. The molecule has 12 heteroatoms. The highest BCUT2D eigenvalue weighted by atomic mass is 16.5. The van der Waals surface area contributed by atoms with Gasteiger partial charge in [0.2, 0.25) is 5.91 Å². The Bertz CT molecular complexity index is 1660. The molecule has 3 aromatic rings. The van der Waals surface area contributed by atoms with Crippen molar-refractivity contribution in [3.8, 4) is 23.0 Å². The van der Waals surface area contributed by atoms with Gasteiger partial charge in [-0.2, -0.15) is 0 Å². The lowest BCUT2D eigenvalue weighted by Gasteiger charge is -2.26. The number of piperidine rings is 1. The molecule has 9 rings (SSSR count). The van der Waals surface area contributed by atoms with Crippen LogP contribution in [0.25, 0.3) is 0 Å². The van der Waals surface area contributed by atoms with E-state index in [1.807, 2.05) is 23.1 Å². The zero-order chi connectivity index (χ0) is 34.2. The van der Waals surface area contributed by atoms with Gasteiger partial charge in [-0.3, -0.25) is 19.2 Å². The number of nitrogens with one attached hydrogen (secondary N) is 2. The van der Waals surface area contributed by atoms with Gasteiger partial charge in [0.25, 0.3) is 17.7 Å². The number of carbonyl (C=O) groups is 4. The smallest absolute Gasteiger partial charge is 0.260 e. The number of amides is 4. The topological polar surface area (TPSA) is 136 Å². The van der Waals surface area contributed by atoms with Gasteiger partial charge >= 0.3 is 0 Å². The van der Waals surface area contributed by atoms with Crippen molar-refractivity contribution in [2.24, 2.45) is 0 Å². The molecule has 49 heavy (non-hydrogen) atoms. The van der Waals surface area contributed by atoms with Crippen LogP contribution in [0.15, 0.2) is 66.7 Å². The predicted molar refractivity (Wildman–Crippen MR) is 180 cm³/mol. The van der Waals surface area contributed by atoms with Gasteiger partial charge in [-0.15, -0.1) is 0 Å². The van der Waals surface area contributed by atoms with Crippen LogP contribution in [0, 0.1) is 0 Å². The maximum atomic E-state index is 13.8. The third-order valence-electron chi connectivity index (χ3n) is 8.98. The predicted octanol–water partition coefficient (Wildman–Crippen LogP) is 3.12. The van der Waals surface area contributed by atoms with E-state index >= 15 is 0 Å².